The molecule has 0 aromatic carbocycles. The molecule has 0 aliphatic carbocycles. The standard InChI is InChI=1S/C15H26N4O/c1-5-16-13-14(18-9-8-17-13)19-10-6-7-12(19)11-20-15(2,3)4/h8-9,12H,5-7,10-11H2,1-4H3,(H,16,17)/t12-/m1/s1. The van der Waals surface area contributed by atoms with E-state index in [-0.39, 0.29) is 5.60 Å². The average Bonchev–Trinajstić information content (AvgIpc) is 2.85. The molecule has 1 N–H and O–H groups in total. The Morgan fingerprint density at radius 1 is 1.35 bits per heavy atom. The first kappa shape index (κ1) is 15.0. The maximum Gasteiger partial charge on any atom is 0.172 e. The highest BCUT2D eigenvalue weighted by atomic mass is 16.5. The molecule has 0 radical (unpaired) electrons. The molecular formula is C15H26N4O. The topological polar surface area (TPSA) is 50.3 Å². The number of aromatic nitrogens is 2. The minimum Gasteiger partial charge on any atom is -0.374 e. The Balaban J connectivity index is 2.10. The maximum absolute atomic E-state index is 5.95. The summed E-state index contributed by atoms with van der Waals surface area (Å²) in [7, 11) is 0. The molecule has 112 valence electrons. The van der Waals surface area contributed by atoms with Crippen LogP contribution in [0.1, 0.15) is 40.5 Å². The van der Waals surface area contributed by atoms with Crippen LogP contribution in [0.5, 0.6) is 0 Å². The van der Waals surface area contributed by atoms with Crippen molar-refractivity contribution in [1.82, 2.24) is 9.97 Å². The van der Waals surface area contributed by atoms with E-state index >= 15 is 0 Å². The Morgan fingerprint density at radius 3 is 2.80 bits per heavy atom. The van der Waals surface area contributed by atoms with E-state index in [4.69, 9.17) is 4.74 Å². The first-order valence-corrected chi connectivity index (χ1v) is 7.46. The van der Waals surface area contributed by atoms with Gasteiger partial charge in [0, 0.05) is 25.5 Å². The second-order valence-electron chi connectivity index (χ2n) is 6.17. The lowest BCUT2D eigenvalue weighted by Gasteiger charge is -2.29. The predicted molar refractivity (Wildman–Crippen MR) is 82.3 cm³/mol. The molecule has 2 rings (SSSR count). The fourth-order valence-corrected chi connectivity index (χ4v) is 2.47. The summed E-state index contributed by atoms with van der Waals surface area (Å²) in [5, 5.41) is 3.29. The molecule has 1 aliphatic heterocycles. The summed E-state index contributed by atoms with van der Waals surface area (Å²) >= 11 is 0. The van der Waals surface area contributed by atoms with E-state index in [9.17, 15) is 0 Å². The first-order chi connectivity index (χ1) is 9.51. The second kappa shape index (κ2) is 6.39. The Hall–Kier alpha value is -1.36. The third-order valence-corrected chi connectivity index (χ3v) is 3.38. The largest absolute Gasteiger partial charge is 0.374 e. The van der Waals surface area contributed by atoms with Crippen LogP contribution in [-0.4, -0.2) is 41.3 Å². The van der Waals surface area contributed by atoms with E-state index < -0.39 is 0 Å². The second-order valence-corrected chi connectivity index (χ2v) is 6.17. The SMILES string of the molecule is CCNc1nccnc1N1CCC[C@@H]1COC(C)(C)C. The average molecular weight is 278 g/mol. The van der Waals surface area contributed by atoms with Crippen LogP contribution in [-0.2, 0) is 4.74 Å². The van der Waals surface area contributed by atoms with Crippen LogP contribution in [0, 0.1) is 0 Å². The summed E-state index contributed by atoms with van der Waals surface area (Å²) < 4.78 is 5.95. The third kappa shape index (κ3) is 3.82. The zero-order valence-corrected chi connectivity index (χ0v) is 13.0. The lowest BCUT2D eigenvalue weighted by Crippen LogP contribution is -2.37. The molecule has 2 heterocycles. The Labute approximate surface area is 121 Å². The minimum atomic E-state index is -0.0961. The van der Waals surface area contributed by atoms with Crippen LogP contribution in [0.4, 0.5) is 11.6 Å². The molecule has 1 fully saturated rings. The number of anilines is 2. The summed E-state index contributed by atoms with van der Waals surface area (Å²) in [5.74, 6) is 1.83. The summed E-state index contributed by atoms with van der Waals surface area (Å²) in [4.78, 5) is 11.2. The van der Waals surface area contributed by atoms with E-state index in [1.54, 1.807) is 12.4 Å². The number of hydrogen-bond donors (Lipinski definition) is 1. The van der Waals surface area contributed by atoms with Crippen molar-refractivity contribution in [2.45, 2.75) is 52.2 Å². The molecule has 0 saturated carbocycles. The number of rotatable bonds is 5. The predicted octanol–water partition coefficient (Wildman–Crippen LogP) is 2.69. The van der Waals surface area contributed by atoms with Gasteiger partial charge in [0.2, 0.25) is 0 Å². The Bertz CT molecular complexity index is 430. The van der Waals surface area contributed by atoms with Crippen LogP contribution in [0.2, 0.25) is 0 Å². The highest BCUT2D eigenvalue weighted by Gasteiger charge is 2.29. The lowest BCUT2D eigenvalue weighted by molar-refractivity contribution is -0.00939. The van der Waals surface area contributed by atoms with E-state index in [0.717, 1.165) is 37.8 Å². The van der Waals surface area contributed by atoms with Crippen molar-refractivity contribution in [2.24, 2.45) is 0 Å². The summed E-state index contributed by atoms with van der Waals surface area (Å²) in [6.45, 7) is 11.0. The molecule has 0 spiro atoms. The Morgan fingerprint density at radius 2 is 2.10 bits per heavy atom. The van der Waals surface area contributed by atoms with Crippen LogP contribution in [0.15, 0.2) is 12.4 Å². The zero-order valence-electron chi connectivity index (χ0n) is 13.0. The van der Waals surface area contributed by atoms with Crippen LogP contribution in [0.3, 0.4) is 0 Å². The summed E-state index contributed by atoms with van der Waals surface area (Å²) in [6.07, 6.45) is 5.83. The molecule has 0 amide bonds. The van der Waals surface area contributed by atoms with Crippen molar-refractivity contribution in [1.29, 1.82) is 0 Å². The normalized spacial score (nSPS) is 19.4. The van der Waals surface area contributed by atoms with Crippen molar-refractivity contribution < 1.29 is 4.74 Å². The van der Waals surface area contributed by atoms with E-state index in [2.05, 4.69) is 47.9 Å². The van der Waals surface area contributed by atoms with E-state index in [1.807, 2.05) is 0 Å². The highest BCUT2D eigenvalue weighted by molar-refractivity contribution is 5.61. The first-order valence-electron chi connectivity index (χ1n) is 7.46. The van der Waals surface area contributed by atoms with E-state index in [1.165, 1.54) is 6.42 Å². The molecule has 1 saturated heterocycles. The van der Waals surface area contributed by atoms with Crippen LogP contribution in [0.25, 0.3) is 0 Å². The van der Waals surface area contributed by atoms with E-state index in [0.29, 0.717) is 6.04 Å². The van der Waals surface area contributed by atoms with Gasteiger partial charge < -0.3 is 15.0 Å². The zero-order chi connectivity index (χ0) is 14.6. The molecular weight excluding hydrogens is 252 g/mol. The van der Waals surface area contributed by atoms with Gasteiger partial charge in [-0.15, -0.1) is 0 Å². The van der Waals surface area contributed by atoms with Gasteiger partial charge in [0.15, 0.2) is 11.6 Å². The third-order valence-electron chi connectivity index (χ3n) is 3.38. The fourth-order valence-electron chi connectivity index (χ4n) is 2.47. The van der Waals surface area contributed by atoms with Crippen molar-refractivity contribution >= 4 is 11.6 Å². The van der Waals surface area contributed by atoms with Gasteiger partial charge in [-0.1, -0.05) is 0 Å². The molecule has 5 nitrogen and oxygen atoms in total. The van der Waals surface area contributed by atoms with Crippen LogP contribution < -0.4 is 10.2 Å². The minimum absolute atomic E-state index is 0.0961. The number of hydrogen-bond acceptors (Lipinski definition) is 5. The van der Waals surface area contributed by atoms with Crippen LogP contribution >= 0.6 is 0 Å². The van der Waals surface area contributed by atoms with Crippen molar-refractivity contribution in [3.8, 4) is 0 Å². The van der Waals surface area contributed by atoms with Gasteiger partial charge in [0.25, 0.3) is 0 Å². The van der Waals surface area contributed by atoms with Gasteiger partial charge >= 0.3 is 0 Å². The van der Waals surface area contributed by atoms with Crippen molar-refractivity contribution in [2.75, 3.05) is 29.9 Å². The summed E-state index contributed by atoms with van der Waals surface area (Å²) in [5.41, 5.74) is -0.0961. The Kier molecular flexibility index (Phi) is 4.81. The van der Waals surface area contributed by atoms with Gasteiger partial charge in [0.05, 0.1) is 18.2 Å². The number of ether oxygens (including phenoxy) is 1. The van der Waals surface area contributed by atoms with Gasteiger partial charge in [0.1, 0.15) is 0 Å². The molecule has 20 heavy (non-hydrogen) atoms. The smallest absolute Gasteiger partial charge is 0.172 e. The molecule has 0 unspecified atom stereocenters. The fraction of sp³-hybridized carbons (Fsp3) is 0.733. The quantitative estimate of drug-likeness (QED) is 0.897. The highest BCUT2D eigenvalue weighted by Crippen LogP contribution is 2.29. The lowest BCUT2D eigenvalue weighted by atomic mass is 10.2. The van der Waals surface area contributed by atoms with Crippen molar-refractivity contribution in [3.63, 3.8) is 0 Å². The van der Waals surface area contributed by atoms with Gasteiger partial charge in [-0.3, -0.25) is 0 Å². The molecule has 1 aromatic rings. The number of nitrogens with one attached hydrogen (secondary N) is 1. The monoisotopic (exact) mass is 278 g/mol. The van der Waals surface area contributed by atoms with Gasteiger partial charge in [-0.2, -0.15) is 0 Å². The molecule has 1 aromatic heterocycles. The number of nitrogens with zero attached hydrogens (tertiary/aromatic N) is 3. The molecule has 0 bridgehead atoms. The van der Waals surface area contributed by atoms with Gasteiger partial charge in [-0.25, -0.2) is 9.97 Å². The van der Waals surface area contributed by atoms with Gasteiger partial charge in [-0.05, 0) is 40.5 Å². The van der Waals surface area contributed by atoms with Crippen molar-refractivity contribution in [3.05, 3.63) is 12.4 Å². The maximum atomic E-state index is 5.95. The summed E-state index contributed by atoms with van der Waals surface area (Å²) in [6, 6.07) is 0.392. The molecule has 1 atom stereocenters. The molecule has 1 aliphatic rings. The molecule has 5 heteroatoms.